The molecule has 1 aromatic heterocycles. The topological polar surface area (TPSA) is 52.1 Å². The highest BCUT2D eigenvalue weighted by Crippen LogP contribution is 2.03. The van der Waals surface area contributed by atoms with Gasteiger partial charge in [-0.1, -0.05) is 13.8 Å². The van der Waals surface area contributed by atoms with Crippen LogP contribution in [0, 0.1) is 5.92 Å². The highest BCUT2D eigenvalue weighted by molar-refractivity contribution is 5.71. The lowest BCUT2D eigenvalue weighted by molar-refractivity contribution is 0.111. The van der Waals surface area contributed by atoms with Gasteiger partial charge in [0.25, 0.3) is 0 Å². The molecule has 0 saturated carbocycles. The van der Waals surface area contributed by atoms with Crippen LogP contribution in [0.2, 0.25) is 0 Å². The van der Waals surface area contributed by atoms with Gasteiger partial charge in [0.2, 0.25) is 0 Å². The molecule has 0 radical (unpaired) electrons. The van der Waals surface area contributed by atoms with E-state index in [2.05, 4.69) is 9.97 Å². The van der Waals surface area contributed by atoms with Gasteiger partial charge in [-0.25, -0.2) is 4.98 Å². The standard InChI is InChI=1S/C9H12N2O2/c1-7(2)6-13-9-10-4-3-8(5-12)11-9/h3-5,7H,6H2,1-2H3. The minimum atomic E-state index is 0.262. The number of hydrogen-bond donors (Lipinski definition) is 0. The molecule has 70 valence electrons. The first-order valence-corrected chi connectivity index (χ1v) is 4.13. The monoisotopic (exact) mass is 180 g/mol. The number of rotatable bonds is 4. The van der Waals surface area contributed by atoms with E-state index in [1.165, 1.54) is 12.3 Å². The molecule has 0 spiro atoms. The molecule has 0 fully saturated rings. The summed E-state index contributed by atoms with van der Waals surface area (Å²) >= 11 is 0. The molecule has 0 bridgehead atoms. The van der Waals surface area contributed by atoms with Gasteiger partial charge >= 0.3 is 6.01 Å². The summed E-state index contributed by atoms with van der Waals surface area (Å²) in [6.07, 6.45) is 2.18. The van der Waals surface area contributed by atoms with Crippen molar-refractivity contribution >= 4 is 6.29 Å². The Morgan fingerprint density at radius 2 is 2.38 bits per heavy atom. The number of nitrogens with zero attached hydrogens (tertiary/aromatic N) is 2. The van der Waals surface area contributed by atoms with Crippen molar-refractivity contribution in [2.24, 2.45) is 5.92 Å². The predicted octanol–water partition coefficient (Wildman–Crippen LogP) is 1.32. The van der Waals surface area contributed by atoms with Crippen molar-refractivity contribution in [1.29, 1.82) is 0 Å². The van der Waals surface area contributed by atoms with Crippen molar-refractivity contribution < 1.29 is 9.53 Å². The summed E-state index contributed by atoms with van der Waals surface area (Å²) in [5, 5.41) is 0. The number of aromatic nitrogens is 2. The summed E-state index contributed by atoms with van der Waals surface area (Å²) in [5.41, 5.74) is 0.341. The van der Waals surface area contributed by atoms with Crippen molar-refractivity contribution in [2.45, 2.75) is 13.8 Å². The zero-order valence-corrected chi connectivity index (χ0v) is 7.73. The lowest BCUT2D eigenvalue weighted by atomic mass is 10.2. The van der Waals surface area contributed by atoms with Gasteiger partial charge in [-0.3, -0.25) is 4.79 Å². The normalized spacial score (nSPS) is 10.1. The van der Waals surface area contributed by atoms with E-state index in [4.69, 9.17) is 4.74 Å². The van der Waals surface area contributed by atoms with Crippen LogP contribution in [0.25, 0.3) is 0 Å². The highest BCUT2D eigenvalue weighted by Gasteiger charge is 2.00. The first kappa shape index (κ1) is 9.64. The van der Waals surface area contributed by atoms with Gasteiger partial charge in [0, 0.05) is 6.20 Å². The number of ether oxygens (including phenoxy) is 1. The molecule has 0 N–H and O–H groups in total. The fourth-order valence-corrected chi connectivity index (χ4v) is 0.730. The molecule has 13 heavy (non-hydrogen) atoms. The van der Waals surface area contributed by atoms with Gasteiger partial charge in [0.1, 0.15) is 5.69 Å². The SMILES string of the molecule is CC(C)COc1nccc(C=O)n1. The van der Waals surface area contributed by atoms with Crippen molar-refractivity contribution in [3.63, 3.8) is 0 Å². The van der Waals surface area contributed by atoms with E-state index >= 15 is 0 Å². The largest absolute Gasteiger partial charge is 0.463 e. The quantitative estimate of drug-likeness (QED) is 0.656. The van der Waals surface area contributed by atoms with Crippen LogP contribution in [-0.4, -0.2) is 22.9 Å². The van der Waals surface area contributed by atoms with Crippen LogP contribution in [0.5, 0.6) is 6.01 Å². The molecule has 4 nitrogen and oxygen atoms in total. The van der Waals surface area contributed by atoms with Crippen molar-refractivity contribution in [2.75, 3.05) is 6.61 Å². The Morgan fingerprint density at radius 3 is 3.00 bits per heavy atom. The molecule has 1 aromatic rings. The Hall–Kier alpha value is -1.45. The van der Waals surface area contributed by atoms with Crippen LogP contribution in [0.1, 0.15) is 24.3 Å². The van der Waals surface area contributed by atoms with Gasteiger partial charge in [0.15, 0.2) is 6.29 Å². The van der Waals surface area contributed by atoms with Crippen LogP contribution in [-0.2, 0) is 0 Å². The van der Waals surface area contributed by atoms with E-state index in [1.807, 2.05) is 13.8 Å². The van der Waals surface area contributed by atoms with Crippen molar-refractivity contribution in [1.82, 2.24) is 9.97 Å². The second-order valence-corrected chi connectivity index (χ2v) is 3.09. The van der Waals surface area contributed by atoms with E-state index in [1.54, 1.807) is 0 Å². The average Bonchev–Trinajstić information content (AvgIpc) is 2.15. The Labute approximate surface area is 77.0 Å². The third-order valence-corrected chi connectivity index (χ3v) is 1.32. The number of carbonyl (C=O) groups is 1. The Bertz CT molecular complexity index is 287. The maximum atomic E-state index is 10.4. The van der Waals surface area contributed by atoms with Gasteiger partial charge in [-0.2, -0.15) is 4.98 Å². The zero-order valence-electron chi connectivity index (χ0n) is 7.73. The third-order valence-electron chi connectivity index (χ3n) is 1.32. The minimum Gasteiger partial charge on any atom is -0.463 e. The summed E-state index contributed by atoms with van der Waals surface area (Å²) in [6.45, 7) is 4.62. The Kier molecular flexibility index (Phi) is 3.37. The van der Waals surface area contributed by atoms with Crippen LogP contribution in [0.15, 0.2) is 12.3 Å². The van der Waals surface area contributed by atoms with Crippen LogP contribution >= 0.6 is 0 Å². The van der Waals surface area contributed by atoms with E-state index in [0.717, 1.165) is 0 Å². The lowest BCUT2D eigenvalue weighted by Gasteiger charge is -2.05. The molecule has 0 unspecified atom stereocenters. The van der Waals surface area contributed by atoms with Gasteiger partial charge in [-0.15, -0.1) is 0 Å². The predicted molar refractivity (Wildman–Crippen MR) is 47.8 cm³/mol. The highest BCUT2D eigenvalue weighted by atomic mass is 16.5. The summed E-state index contributed by atoms with van der Waals surface area (Å²) in [5.74, 6) is 0.420. The molecule has 0 aliphatic heterocycles. The first-order valence-electron chi connectivity index (χ1n) is 4.13. The van der Waals surface area contributed by atoms with E-state index in [-0.39, 0.29) is 6.01 Å². The van der Waals surface area contributed by atoms with Crippen LogP contribution < -0.4 is 4.74 Å². The number of aldehydes is 1. The number of hydrogen-bond acceptors (Lipinski definition) is 4. The summed E-state index contributed by atoms with van der Waals surface area (Å²) in [7, 11) is 0. The van der Waals surface area contributed by atoms with Crippen LogP contribution in [0.3, 0.4) is 0 Å². The second-order valence-electron chi connectivity index (χ2n) is 3.09. The molecule has 1 heterocycles. The summed E-state index contributed by atoms with van der Waals surface area (Å²) in [6, 6.07) is 1.80. The molecule has 1 rings (SSSR count). The van der Waals surface area contributed by atoms with Crippen molar-refractivity contribution in [3.8, 4) is 6.01 Å². The Morgan fingerprint density at radius 1 is 1.62 bits per heavy atom. The third kappa shape index (κ3) is 3.19. The maximum absolute atomic E-state index is 10.4. The van der Waals surface area contributed by atoms with Crippen molar-refractivity contribution in [3.05, 3.63) is 18.0 Å². The average molecular weight is 180 g/mol. The van der Waals surface area contributed by atoms with E-state index < -0.39 is 0 Å². The van der Waals surface area contributed by atoms with Gasteiger partial charge in [0.05, 0.1) is 6.61 Å². The second kappa shape index (κ2) is 4.54. The Balaban J connectivity index is 2.61. The number of carbonyl (C=O) groups excluding carboxylic acids is 1. The zero-order chi connectivity index (χ0) is 9.68. The molecule has 0 aliphatic carbocycles. The van der Waals surface area contributed by atoms with Crippen LogP contribution in [0.4, 0.5) is 0 Å². The molecular formula is C9H12N2O2. The van der Waals surface area contributed by atoms with E-state index in [9.17, 15) is 4.79 Å². The molecule has 0 aliphatic rings. The maximum Gasteiger partial charge on any atom is 0.316 e. The molecule has 4 heteroatoms. The minimum absolute atomic E-state index is 0.262. The lowest BCUT2D eigenvalue weighted by Crippen LogP contribution is -2.07. The first-order chi connectivity index (χ1) is 6.22. The molecule has 0 amide bonds. The molecular weight excluding hydrogens is 168 g/mol. The van der Waals surface area contributed by atoms with Gasteiger partial charge in [-0.05, 0) is 12.0 Å². The fourth-order valence-electron chi connectivity index (χ4n) is 0.730. The molecule has 0 atom stereocenters. The van der Waals surface area contributed by atoms with E-state index in [0.29, 0.717) is 24.5 Å². The fraction of sp³-hybridized carbons (Fsp3) is 0.444. The molecule has 0 aromatic carbocycles. The van der Waals surface area contributed by atoms with Gasteiger partial charge < -0.3 is 4.74 Å². The smallest absolute Gasteiger partial charge is 0.316 e. The summed E-state index contributed by atoms with van der Waals surface area (Å²) in [4.78, 5) is 18.1. The molecule has 0 saturated heterocycles. The summed E-state index contributed by atoms with van der Waals surface area (Å²) < 4.78 is 5.23.